The Labute approximate surface area is 188 Å². The first-order chi connectivity index (χ1) is 14.4. The number of para-hydroxylation sites is 1. The van der Waals surface area contributed by atoms with Gasteiger partial charge in [0, 0.05) is 16.6 Å². The van der Waals surface area contributed by atoms with Crippen LogP contribution < -0.4 is 10.2 Å². The fraction of sp³-hybridized carbons (Fsp3) is 0.286. The van der Waals surface area contributed by atoms with Gasteiger partial charge in [0.2, 0.25) is 5.91 Å². The van der Waals surface area contributed by atoms with E-state index in [1.165, 1.54) is 28.8 Å². The minimum atomic E-state index is -0.489. The van der Waals surface area contributed by atoms with Gasteiger partial charge in [0.25, 0.3) is 0 Å². The van der Waals surface area contributed by atoms with Gasteiger partial charge in [-0.1, -0.05) is 52.8 Å². The Hall–Kier alpha value is -2.23. The number of quaternary nitrogens is 1. The summed E-state index contributed by atoms with van der Waals surface area (Å²) in [6.45, 7) is 2.12. The summed E-state index contributed by atoms with van der Waals surface area (Å²) < 4.78 is 16.6. The summed E-state index contributed by atoms with van der Waals surface area (Å²) in [5.74, 6) is 0.143. The molecule has 0 aliphatic rings. The molecule has 3 rings (SSSR count). The number of nitrogens with zero attached hydrogens (tertiary/aromatic N) is 3. The van der Waals surface area contributed by atoms with Crippen molar-refractivity contribution < 1.29 is 14.1 Å². The van der Waals surface area contributed by atoms with Crippen LogP contribution in [-0.2, 0) is 4.79 Å². The highest BCUT2D eigenvalue weighted by Gasteiger charge is 2.26. The molecular weight excluding hydrogens is 469 g/mol. The number of amides is 1. The van der Waals surface area contributed by atoms with E-state index in [4.69, 9.17) is 0 Å². The molecule has 6 nitrogen and oxygen atoms in total. The molecule has 0 unspecified atom stereocenters. The molecule has 0 fully saturated rings. The largest absolute Gasteiger partial charge is 0.331 e. The molecule has 0 radical (unpaired) electrons. The lowest BCUT2D eigenvalue weighted by atomic mass is 10.2. The average Bonchev–Trinajstić information content (AvgIpc) is 3.13. The summed E-state index contributed by atoms with van der Waals surface area (Å²) in [6.07, 6.45) is 0.904. The lowest BCUT2D eigenvalue weighted by Gasteiger charge is -2.20. The standard InChI is InChI=1S/C21H23BrFN5OS/c1-4-18(27(2)3)20-25-26-21(28(20)15-8-6-5-7-9-15)30-13-19(29)24-17-11-10-14(22)12-16(17)23/h5-12,18H,4,13H2,1-3H3,(H,24,29)/p+1/t18-/m1/s1. The van der Waals surface area contributed by atoms with Gasteiger partial charge in [-0.25, -0.2) is 4.39 Å². The van der Waals surface area contributed by atoms with Crippen LogP contribution in [-0.4, -0.2) is 40.5 Å². The summed E-state index contributed by atoms with van der Waals surface area (Å²) in [5.41, 5.74) is 1.09. The van der Waals surface area contributed by atoms with Gasteiger partial charge in [-0.3, -0.25) is 9.36 Å². The molecule has 1 atom stereocenters. The number of carbonyl (C=O) groups is 1. The number of hydrogen-bond donors (Lipinski definition) is 2. The first kappa shape index (κ1) is 22.5. The lowest BCUT2D eigenvalue weighted by Crippen LogP contribution is -3.06. The van der Waals surface area contributed by atoms with E-state index in [2.05, 4.69) is 52.5 Å². The smallest absolute Gasteiger partial charge is 0.234 e. The molecule has 158 valence electrons. The summed E-state index contributed by atoms with van der Waals surface area (Å²) in [5, 5.41) is 12.0. The van der Waals surface area contributed by atoms with Crippen LogP contribution in [0.5, 0.6) is 0 Å². The third-order valence-corrected chi connectivity index (χ3v) is 6.05. The summed E-state index contributed by atoms with van der Waals surface area (Å²) in [6, 6.07) is 14.5. The van der Waals surface area contributed by atoms with Crippen LogP contribution in [0.1, 0.15) is 25.2 Å². The van der Waals surface area contributed by atoms with Crippen LogP contribution >= 0.6 is 27.7 Å². The molecule has 1 amide bonds. The first-order valence-electron chi connectivity index (χ1n) is 9.59. The second-order valence-electron chi connectivity index (χ2n) is 7.01. The van der Waals surface area contributed by atoms with Gasteiger partial charge in [0.1, 0.15) is 11.9 Å². The Morgan fingerprint density at radius 2 is 1.97 bits per heavy atom. The van der Waals surface area contributed by atoms with E-state index in [1.54, 1.807) is 6.07 Å². The Bertz CT molecular complexity index is 1010. The maximum atomic E-state index is 14.0. The average molecular weight is 493 g/mol. The van der Waals surface area contributed by atoms with Gasteiger partial charge >= 0.3 is 0 Å². The second-order valence-corrected chi connectivity index (χ2v) is 8.87. The van der Waals surface area contributed by atoms with Crippen molar-refractivity contribution in [3.63, 3.8) is 0 Å². The molecule has 0 aliphatic heterocycles. The normalized spacial score (nSPS) is 12.2. The fourth-order valence-electron chi connectivity index (χ4n) is 3.18. The van der Waals surface area contributed by atoms with Crippen LogP contribution in [0.15, 0.2) is 58.2 Å². The number of thioether (sulfide) groups is 1. The van der Waals surface area contributed by atoms with E-state index in [-0.39, 0.29) is 23.4 Å². The number of anilines is 1. The van der Waals surface area contributed by atoms with Gasteiger partial charge in [0.15, 0.2) is 11.0 Å². The quantitative estimate of drug-likeness (QED) is 0.472. The van der Waals surface area contributed by atoms with Crippen LogP contribution in [0.25, 0.3) is 5.69 Å². The molecule has 0 spiro atoms. The number of nitrogens with one attached hydrogen (secondary N) is 2. The predicted octanol–water partition coefficient (Wildman–Crippen LogP) is 3.50. The number of hydrogen-bond acceptors (Lipinski definition) is 4. The van der Waals surface area contributed by atoms with Gasteiger partial charge in [-0.15, -0.1) is 10.2 Å². The molecule has 1 heterocycles. The summed E-state index contributed by atoms with van der Waals surface area (Å²) in [4.78, 5) is 13.7. The zero-order chi connectivity index (χ0) is 21.7. The van der Waals surface area contributed by atoms with E-state index < -0.39 is 5.82 Å². The van der Waals surface area contributed by atoms with Crippen molar-refractivity contribution in [3.8, 4) is 5.69 Å². The Morgan fingerprint density at radius 3 is 2.60 bits per heavy atom. The molecule has 1 aromatic heterocycles. The maximum Gasteiger partial charge on any atom is 0.234 e. The van der Waals surface area contributed by atoms with Crippen molar-refractivity contribution in [1.82, 2.24) is 14.8 Å². The third-order valence-electron chi connectivity index (χ3n) is 4.63. The number of rotatable bonds is 8. The molecular formula is C21H24BrFN5OS+. The first-order valence-corrected chi connectivity index (χ1v) is 11.4. The Kier molecular flexibility index (Phi) is 7.63. The monoisotopic (exact) mass is 492 g/mol. The molecule has 3 aromatic rings. The van der Waals surface area contributed by atoms with Gasteiger partial charge in [-0.05, 0) is 30.3 Å². The van der Waals surface area contributed by atoms with E-state index >= 15 is 0 Å². The minimum Gasteiger partial charge on any atom is -0.331 e. The topological polar surface area (TPSA) is 64.2 Å². The highest BCUT2D eigenvalue weighted by Crippen LogP contribution is 2.26. The van der Waals surface area contributed by atoms with E-state index in [0.717, 1.165) is 17.9 Å². The van der Waals surface area contributed by atoms with Gasteiger partial charge < -0.3 is 10.2 Å². The highest BCUT2D eigenvalue weighted by molar-refractivity contribution is 9.10. The van der Waals surface area contributed by atoms with Crippen molar-refractivity contribution in [2.45, 2.75) is 24.5 Å². The lowest BCUT2D eigenvalue weighted by molar-refractivity contribution is -0.893. The highest BCUT2D eigenvalue weighted by atomic mass is 79.9. The van der Waals surface area contributed by atoms with Crippen LogP contribution in [0, 0.1) is 5.82 Å². The molecule has 2 N–H and O–H groups in total. The second kappa shape index (κ2) is 10.2. The fourth-order valence-corrected chi connectivity index (χ4v) is 4.27. The van der Waals surface area contributed by atoms with Gasteiger partial charge in [0.05, 0.1) is 25.5 Å². The zero-order valence-corrected chi connectivity index (χ0v) is 19.4. The number of halogens is 2. The molecule has 2 aromatic carbocycles. The number of benzene rings is 2. The molecule has 0 aliphatic carbocycles. The van der Waals surface area contributed by atoms with Crippen LogP contribution in [0.4, 0.5) is 10.1 Å². The molecule has 30 heavy (non-hydrogen) atoms. The number of aromatic nitrogens is 3. The summed E-state index contributed by atoms with van der Waals surface area (Å²) >= 11 is 4.48. The molecule has 0 saturated carbocycles. The predicted molar refractivity (Wildman–Crippen MR) is 121 cm³/mol. The molecule has 0 saturated heterocycles. The van der Waals surface area contributed by atoms with E-state index in [0.29, 0.717) is 9.63 Å². The minimum absolute atomic E-state index is 0.0894. The summed E-state index contributed by atoms with van der Waals surface area (Å²) in [7, 11) is 4.18. The van der Waals surface area contributed by atoms with Crippen LogP contribution in [0.3, 0.4) is 0 Å². The van der Waals surface area contributed by atoms with Crippen molar-refractivity contribution >= 4 is 39.3 Å². The maximum absolute atomic E-state index is 14.0. The number of carbonyl (C=O) groups excluding carboxylic acids is 1. The van der Waals surface area contributed by atoms with Crippen molar-refractivity contribution in [2.24, 2.45) is 0 Å². The Morgan fingerprint density at radius 1 is 1.23 bits per heavy atom. The van der Waals surface area contributed by atoms with Crippen molar-refractivity contribution in [2.75, 3.05) is 25.2 Å². The van der Waals surface area contributed by atoms with Gasteiger partial charge in [-0.2, -0.15) is 0 Å². The van der Waals surface area contributed by atoms with Crippen molar-refractivity contribution in [3.05, 3.63) is 64.6 Å². The van der Waals surface area contributed by atoms with Crippen molar-refractivity contribution in [1.29, 1.82) is 0 Å². The molecule has 0 bridgehead atoms. The Balaban J connectivity index is 1.82. The van der Waals surface area contributed by atoms with E-state index in [1.807, 2.05) is 34.9 Å². The zero-order valence-electron chi connectivity index (χ0n) is 17.0. The molecule has 9 heteroatoms. The SMILES string of the molecule is CC[C@H](c1nnc(SCC(=O)Nc2ccc(Br)cc2F)n1-c1ccccc1)[NH+](C)C. The van der Waals surface area contributed by atoms with E-state index in [9.17, 15) is 9.18 Å². The van der Waals surface area contributed by atoms with Crippen LogP contribution in [0.2, 0.25) is 0 Å². The third kappa shape index (κ3) is 5.27.